The van der Waals surface area contributed by atoms with Gasteiger partial charge in [0.2, 0.25) is 5.95 Å². The minimum absolute atomic E-state index is 0. The van der Waals surface area contributed by atoms with E-state index in [1.54, 1.807) is 0 Å². The molecule has 0 spiro atoms. The molecule has 6 heteroatoms. The molecule has 2 N–H and O–H groups in total. The summed E-state index contributed by atoms with van der Waals surface area (Å²) in [5.41, 5.74) is 11.2. The molecule has 1 aromatic carbocycles. The van der Waals surface area contributed by atoms with Crippen LogP contribution in [-0.4, -0.2) is 36.3 Å². The Kier molecular flexibility index (Phi) is 5.93. The van der Waals surface area contributed by atoms with Crippen LogP contribution in [0.2, 0.25) is 0 Å². The normalized spacial score (nSPS) is 14.5. The first-order valence-electron chi connectivity index (χ1n) is 7.66. The Balaban J connectivity index is 0.00000192. The minimum Gasteiger partial charge on any atom is -0.378 e. The van der Waals surface area contributed by atoms with Crippen molar-refractivity contribution in [1.82, 2.24) is 9.97 Å². The van der Waals surface area contributed by atoms with Gasteiger partial charge in [-0.25, -0.2) is 9.97 Å². The van der Waals surface area contributed by atoms with Crippen molar-refractivity contribution in [1.29, 1.82) is 0 Å². The van der Waals surface area contributed by atoms with Crippen molar-refractivity contribution in [3.63, 3.8) is 0 Å². The number of hydrogen-bond acceptors (Lipinski definition) is 5. The van der Waals surface area contributed by atoms with Gasteiger partial charge in [-0.1, -0.05) is 23.8 Å². The Morgan fingerprint density at radius 1 is 1.13 bits per heavy atom. The van der Waals surface area contributed by atoms with E-state index in [9.17, 15) is 0 Å². The van der Waals surface area contributed by atoms with Gasteiger partial charge in [0.05, 0.1) is 24.6 Å². The molecule has 0 amide bonds. The summed E-state index contributed by atoms with van der Waals surface area (Å²) in [5, 5.41) is 0. The fourth-order valence-electron chi connectivity index (χ4n) is 2.73. The van der Waals surface area contributed by atoms with Crippen molar-refractivity contribution in [2.75, 3.05) is 31.2 Å². The summed E-state index contributed by atoms with van der Waals surface area (Å²) in [6.07, 6.45) is 0. The Morgan fingerprint density at radius 3 is 2.52 bits per heavy atom. The largest absolute Gasteiger partial charge is 0.378 e. The molecule has 1 aliphatic rings. The molecule has 0 saturated carbocycles. The van der Waals surface area contributed by atoms with Gasteiger partial charge in [0.25, 0.3) is 0 Å². The van der Waals surface area contributed by atoms with Crippen LogP contribution in [0.4, 0.5) is 5.95 Å². The first-order valence-corrected chi connectivity index (χ1v) is 7.66. The molecule has 0 aliphatic carbocycles. The van der Waals surface area contributed by atoms with Crippen molar-refractivity contribution < 1.29 is 4.74 Å². The number of nitrogens with two attached hydrogens (primary N) is 1. The molecule has 0 atom stereocenters. The third-order valence-electron chi connectivity index (χ3n) is 3.93. The highest BCUT2D eigenvalue weighted by atomic mass is 35.5. The van der Waals surface area contributed by atoms with Gasteiger partial charge in [0, 0.05) is 25.2 Å². The number of aromatic nitrogens is 2. The second-order valence-corrected chi connectivity index (χ2v) is 5.67. The molecule has 1 aliphatic heterocycles. The van der Waals surface area contributed by atoms with Gasteiger partial charge < -0.3 is 15.4 Å². The van der Waals surface area contributed by atoms with Gasteiger partial charge in [0.1, 0.15) is 0 Å². The highest BCUT2D eigenvalue weighted by Crippen LogP contribution is 2.25. The summed E-state index contributed by atoms with van der Waals surface area (Å²) in [5.74, 6) is 0.751. The lowest BCUT2D eigenvalue weighted by atomic mass is 10.0. The molecule has 3 rings (SSSR count). The van der Waals surface area contributed by atoms with Gasteiger partial charge in [0.15, 0.2) is 0 Å². The van der Waals surface area contributed by atoms with Crippen molar-refractivity contribution >= 4 is 18.4 Å². The summed E-state index contributed by atoms with van der Waals surface area (Å²) >= 11 is 0. The van der Waals surface area contributed by atoms with Crippen LogP contribution in [0, 0.1) is 13.8 Å². The van der Waals surface area contributed by atoms with Gasteiger partial charge in [-0.05, 0) is 25.5 Å². The third kappa shape index (κ3) is 3.99. The van der Waals surface area contributed by atoms with E-state index in [2.05, 4.69) is 41.9 Å². The topological polar surface area (TPSA) is 64.3 Å². The fourth-order valence-corrected chi connectivity index (χ4v) is 2.73. The quantitative estimate of drug-likeness (QED) is 0.934. The van der Waals surface area contributed by atoms with Crippen LogP contribution in [-0.2, 0) is 11.3 Å². The number of aryl methyl sites for hydroxylation is 2. The number of halogens is 1. The molecule has 0 unspecified atom stereocenters. The number of morpholine rings is 1. The van der Waals surface area contributed by atoms with Crippen LogP contribution in [0.5, 0.6) is 0 Å². The van der Waals surface area contributed by atoms with Gasteiger partial charge in [-0.3, -0.25) is 0 Å². The Morgan fingerprint density at radius 2 is 1.87 bits per heavy atom. The van der Waals surface area contributed by atoms with E-state index in [0.717, 1.165) is 49.2 Å². The zero-order valence-electron chi connectivity index (χ0n) is 13.6. The SMILES string of the molecule is Cc1ccc(-c2cc(CN)nc(N3CCOCC3)n2)c(C)c1.Cl. The molecule has 23 heavy (non-hydrogen) atoms. The predicted molar refractivity (Wildman–Crippen MR) is 95.1 cm³/mol. The summed E-state index contributed by atoms with van der Waals surface area (Å²) in [7, 11) is 0. The average Bonchev–Trinajstić information content (AvgIpc) is 2.55. The van der Waals surface area contributed by atoms with E-state index in [1.165, 1.54) is 11.1 Å². The van der Waals surface area contributed by atoms with Crippen molar-refractivity contribution in [2.24, 2.45) is 5.73 Å². The van der Waals surface area contributed by atoms with Crippen LogP contribution in [0.25, 0.3) is 11.3 Å². The molecular formula is C17H23ClN4O. The highest BCUT2D eigenvalue weighted by Gasteiger charge is 2.16. The lowest BCUT2D eigenvalue weighted by Crippen LogP contribution is -2.37. The van der Waals surface area contributed by atoms with E-state index in [-0.39, 0.29) is 12.4 Å². The second-order valence-electron chi connectivity index (χ2n) is 5.67. The van der Waals surface area contributed by atoms with Crippen LogP contribution >= 0.6 is 12.4 Å². The lowest BCUT2D eigenvalue weighted by molar-refractivity contribution is 0.122. The summed E-state index contributed by atoms with van der Waals surface area (Å²) < 4.78 is 5.40. The number of nitrogens with zero attached hydrogens (tertiary/aromatic N) is 3. The number of benzene rings is 1. The Labute approximate surface area is 143 Å². The molecule has 0 radical (unpaired) electrons. The molecular weight excluding hydrogens is 312 g/mol. The monoisotopic (exact) mass is 334 g/mol. The first-order chi connectivity index (χ1) is 10.7. The Bertz CT molecular complexity index is 672. The average molecular weight is 335 g/mol. The highest BCUT2D eigenvalue weighted by molar-refractivity contribution is 5.85. The molecule has 124 valence electrons. The van der Waals surface area contributed by atoms with Crippen molar-refractivity contribution in [3.8, 4) is 11.3 Å². The third-order valence-corrected chi connectivity index (χ3v) is 3.93. The maximum atomic E-state index is 5.82. The minimum atomic E-state index is 0. The van der Waals surface area contributed by atoms with Crippen LogP contribution < -0.4 is 10.6 Å². The number of anilines is 1. The van der Waals surface area contributed by atoms with Gasteiger partial charge in [-0.15, -0.1) is 12.4 Å². The fraction of sp³-hybridized carbons (Fsp3) is 0.412. The summed E-state index contributed by atoms with van der Waals surface area (Å²) in [6, 6.07) is 8.40. The van der Waals surface area contributed by atoms with E-state index < -0.39 is 0 Å². The standard InChI is InChI=1S/C17H22N4O.ClH/c1-12-3-4-15(13(2)9-12)16-10-14(11-18)19-17(20-16)21-5-7-22-8-6-21;/h3-4,9-10H,5-8,11,18H2,1-2H3;1H. The molecule has 1 fully saturated rings. The summed E-state index contributed by atoms with van der Waals surface area (Å²) in [4.78, 5) is 11.5. The second kappa shape index (κ2) is 7.73. The molecule has 1 saturated heterocycles. The van der Waals surface area contributed by atoms with E-state index >= 15 is 0 Å². The molecule has 2 heterocycles. The smallest absolute Gasteiger partial charge is 0.226 e. The summed E-state index contributed by atoms with van der Waals surface area (Å²) in [6.45, 7) is 7.70. The molecule has 0 bridgehead atoms. The molecule has 5 nitrogen and oxygen atoms in total. The first kappa shape index (κ1) is 17.7. The Hall–Kier alpha value is -1.69. The van der Waals surface area contributed by atoms with Crippen LogP contribution in [0.3, 0.4) is 0 Å². The predicted octanol–water partition coefficient (Wildman–Crippen LogP) is 2.48. The lowest BCUT2D eigenvalue weighted by Gasteiger charge is -2.27. The van der Waals surface area contributed by atoms with Crippen molar-refractivity contribution in [2.45, 2.75) is 20.4 Å². The maximum absolute atomic E-state index is 5.82. The van der Waals surface area contributed by atoms with E-state index in [4.69, 9.17) is 15.5 Å². The maximum Gasteiger partial charge on any atom is 0.226 e. The molecule has 1 aromatic heterocycles. The van der Waals surface area contributed by atoms with Crippen LogP contribution in [0.15, 0.2) is 24.3 Å². The zero-order chi connectivity index (χ0) is 15.5. The van der Waals surface area contributed by atoms with Gasteiger partial charge >= 0.3 is 0 Å². The van der Waals surface area contributed by atoms with Gasteiger partial charge in [-0.2, -0.15) is 0 Å². The number of ether oxygens (including phenoxy) is 1. The number of hydrogen-bond donors (Lipinski definition) is 1. The van der Waals surface area contributed by atoms with E-state index in [1.807, 2.05) is 6.07 Å². The zero-order valence-corrected chi connectivity index (χ0v) is 14.4. The molecule has 2 aromatic rings. The van der Waals surface area contributed by atoms with Crippen molar-refractivity contribution in [3.05, 3.63) is 41.1 Å². The van der Waals surface area contributed by atoms with Crippen LogP contribution in [0.1, 0.15) is 16.8 Å². The number of rotatable bonds is 3. The van der Waals surface area contributed by atoms with E-state index in [0.29, 0.717) is 6.54 Å².